The predicted molar refractivity (Wildman–Crippen MR) is 97.1 cm³/mol. The van der Waals surface area contributed by atoms with E-state index in [1.807, 2.05) is 6.92 Å². The van der Waals surface area contributed by atoms with Gasteiger partial charge in [-0.15, -0.1) is 10.2 Å². The summed E-state index contributed by atoms with van der Waals surface area (Å²) in [5.41, 5.74) is 0. The maximum absolute atomic E-state index is 12.3. The Morgan fingerprint density at radius 2 is 2.00 bits per heavy atom. The second kappa shape index (κ2) is 8.92. The van der Waals surface area contributed by atoms with Crippen LogP contribution in [0.15, 0.2) is 4.34 Å². The molecular weight excluding hydrogens is 386 g/mol. The lowest BCUT2D eigenvalue weighted by atomic mass is 9.97. The first-order chi connectivity index (χ1) is 11.8. The van der Waals surface area contributed by atoms with E-state index in [9.17, 15) is 18.0 Å². The van der Waals surface area contributed by atoms with Crippen molar-refractivity contribution in [1.29, 1.82) is 0 Å². The van der Waals surface area contributed by atoms with E-state index in [2.05, 4.69) is 20.8 Å². The SMILES string of the molecule is CCNC(=O)CSc1nnc(NC(=O)C2CCN(S(C)(=O)=O)CC2)s1. The van der Waals surface area contributed by atoms with Crippen LogP contribution in [-0.4, -0.2) is 66.4 Å². The molecule has 2 N–H and O–H groups in total. The molecule has 2 heterocycles. The smallest absolute Gasteiger partial charge is 0.230 e. The van der Waals surface area contributed by atoms with Crippen molar-refractivity contribution in [3.8, 4) is 0 Å². The van der Waals surface area contributed by atoms with Crippen LogP contribution < -0.4 is 10.6 Å². The lowest BCUT2D eigenvalue weighted by molar-refractivity contribution is -0.121. The zero-order valence-corrected chi connectivity index (χ0v) is 16.5. The zero-order valence-electron chi connectivity index (χ0n) is 14.0. The summed E-state index contributed by atoms with van der Waals surface area (Å²) in [5.74, 6) is -0.246. The van der Waals surface area contributed by atoms with E-state index >= 15 is 0 Å². The standard InChI is InChI=1S/C13H21N5O4S3/c1-3-14-10(19)8-23-13-17-16-12(24-13)15-11(20)9-4-6-18(7-5-9)25(2,21)22/h9H,3-8H2,1-2H3,(H,14,19)(H,15,16,20). The zero-order chi connectivity index (χ0) is 18.4. The molecule has 2 rings (SSSR count). The van der Waals surface area contributed by atoms with Gasteiger partial charge < -0.3 is 10.6 Å². The quantitative estimate of drug-likeness (QED) is 0.495. The minimum absolute atomic E-state index is 0.0779. The first-order valence-corrected chi connectivity index (χ1v) is 11.4. The molecule has 1 aliphatic rings. The third-order valence-electron chi connectivity index (χ3n) is 3.63. The van der Waals surface area contributed by atoms with Crippen LogP contribution in [0.5, 0.6) is 0 Å². The molecular formula is C13H21N5O4S3. The van der Waals surface area contributed by atoms with Gasteiger partial charge in [-0.1, -0.05) is 23.1 Å². The molecule has 1 aliphatic heterocycles. The number of nitrogens with zero attached hydrogens (tertiary/aromatic N) is 3. The third-order valence-corrected chi connectivity index (χ3v) is 6.91. The minimum atomic E-state index is -3.20. The molecule has 9 nitrogen and oxygen atoms in total. The van der Waals surface area contributed by atoms with Crippen LogP contribution in [0.2, 0.25) is 0 Å². The van der Waals surface area contributed by atoms with Crippen LogP contribution in [0.4, 0.5) is 5.13 Å². The number of hydrogen-bond acceptors (Lipinski definition) is 8. The summed E-state index contributed by atoms with van der Waals surface area (Å²) in [6.45, 7) is 3.12. The van der Waals surface area contributed by atoms with Gasteiger partial charge in [-0.3, -0.25) is 9.59 Å². The van der Waals surface area contributed by atoms with Gasteiger partial charge in [0, 0.05) is 25.6 Å². The third kappa shape index (κ3) is 6.20. The van der Waals surface area contributed by atoms with Gasteiger partial charge in [-0.05, 0) is 19.8 Å². The Balaban J connectivity index is 1.81. The molecule has 1 fully saturated rings. The number of nitrogens with one attached hydrogen (secondary N) is 2. The molecule has 0 radical (unpaired) electrons. The number of sulfonamides is 1. The number of amides is 2. The van der Waals surface area contributed by atoms with Crippen molar-refractivity contribution in [1.82, 2.24) is 19.8 Å². The average molecular weight is 408 g/mol. The molecule has 140 valence electrons. The molecule has 0 atom stereocenters. The van der Waals surface area contributed by atoms with E-state index in [-0.39, 0.29) is 23.5 Å². The summed E-state index contributed by atoms with van der Waals surface area (Å²) in [4.78, 5) is 23.7. The molecule has 0 saturated carbocycles. The highest BCUT2D eigenvalue weighted by Crippen LogP contribution is 2.27. The Bertz CT molecular complexity index is 713. The fourth-order valence-electron chi connectivity index (χ4n) is 2.35. The van der Waals surface area contributed by atoms with Gasteiger partial charge in [0.2, 0.25) is 27.0 Å². The van der Waals surface area contributed by atoms with Crippen LogP contribution in [0.3, 0.4) is 0 Å². The van der Waals surface area contributed by atoms with Crippen LogP contribution in [-0.2, 0) is 19.6 Å². The molecule has 25 heavy (non-hydrogen) atoms. The first kappa shape index (κ1) is 20.1. The lowest BCUT2D eigenvalue weighted by Crippen LogP contribution is -2.40. The number of rotatable bonds is 7. The fourth-order valence-corrected chi connectivity index (χ4v) is 4.81. The summed E-state index contributed by atoms with van der Waals surface area (Å²) >= 11 is 2.48. The maximum atomic E-state index is 12.3. The van der Waals surface area contributed by atoms with Gasteiger partial charge in [0.05, 0.1) is 12.0 Å². The molecule has 1 aromatic rings. The molecule has 0 aliphatic carbocycles. The monoisotopic (exact) mass is 407 g/mol. The second-order valence-corrected chi connectivity index (χ2v) is 9.72. The lowest BCUT2D eigenvalue weighted by Gasteiger charge is -2.29. The summed E-state index contributed by atoms with van der Waals surface area (Å²) in [6.07, 6.45) is 2.14. The Labute approximate surface area is 155 Å². The van der Waals surface area contributed by atoms with Gasteiger partial charge in [-0.2, -0.15) is 0 Å². The Morgan fingerprint density at radius 1 is 1.32 bits per heavy atom. The van der Waals surface area contributed by atoms with Crippen LogP contribution in [0, 0.1) is 5.92 Å². The normalized spacial score (nSPS) is 16.6. The maximum Gasteiger partial charge on any atom is 0.230 e. The number of piperidine rings is 1. The Hall–Kier alpha value is -1.24. The highest BCUT2D eigenvalue weighted by atomic mass is 32.2. The number of aromatic nitrogens is 2. The van der Waals surface area contributed by atoms with E-state index in [4.69, 9.17) is 0 Å². The fraction of sp³-hybridized carbons (Fsp3) is 0.692. The first-order valence-electron chi connectivity index (χ1n) is 7.78. The van der Waals surface area contributed by atoms with Gasteiger partial charge >= 0.3 is 0 Å². The van der Waals surface area contributed by atoms with Crippen molar-refractivity contribution in [3.05, 3.63) is 0 Å². The molecule has 0 spiro atoms. The average Bonchev–Trinajstić information content (AvgIpc) is 3.00. The van der Waals surface area contributed by atoms with Gasteiger partial charge in [0.15, 0.2) is 4.34 Å². The van der Waals surface area contributed by atoms with E-state index in [1.165, 1.54) is 33.7 Å². The molecule has 1 saturated heterocycles. The summed E-state index contributed by atoms with van der Waals surface area (Å²) in [6, 6.07) is 0. The van der Waals surface area contributed by atoms with Gasteiger partial charge in [0.25, 0.3) is 0 Å². The Morgan fingerprint density at radius 3 is 2.60 bits per heavy atom. The van der Waals surface area contributed by atoms with E-state index in [1.54, 1.807) is 0 Å². The van der Waals surface area contributed by atoms with Crippen molar-refractivity contribution >= 4 is 50.1 Å². The highest BCUT2D eigenvalue weighted by Gasteiger charge is 2.29. The molecule has 2 amide bonds. The molecule has 12 heteroatoms. The van der Waals surface area contributed by atoms with E-state index in [0.29, 0.717) is 41.9 Å². The molecule has 1 aromatic heterocycles. The number of carbonyl (C=O) groups excluding carboxylic acids is 2. The summed E-state index contributed by atoms with van der Waals surface area (Å²) < 4.78 is 25.0. The summed E-state index contributed by atoms with van der Waals surface area (Å²) in [5, 5.41) is 13.6. The number of carbonyl (C=O) groups is 2. The minimum Gasteiger partial charge on any atom is -0.356 e. The summed E-state index contributed by atoms with van der Waals surface area (Å²) in [7, 11) is -3.20. The van der Waals surface area contributed by atoms with Crippen molar-refractivity contribution in [2.24, 2.45) is 5.92 Å². The van der Waals surface area contributed by atoms with Crippen LogP contribution in [0.1, 0.15) is 19.8 Å². The predicted octanol–water partition coefficient (Wildman–Crippen LogP) is 0.376. The molecule has 0 aromatic carbocycles. The second-order valence-electron chi connectivity index (χ2n) is 5.54. The van der Waals surface area contributed by atoms with E-state index in [0.717, 1.165) is 0 Å². The molecule has 0 unspecified atom stereocenters. The van der Waals surface area contributed by atoms with Crippen LogP contribution in [0.25, 0.3) is 0 Å². The van der Waals surface area contributed by atoms with Crippen molar-refractivity contribution in [3.63, 3.8) is 0 Å². The van der Waals surface area contributed by atoms with Crippen molar-refractivity contribution in [2.75, 3.05) is 37.0 Å². The number of thioether (sulfide) groups is 1. The Kier molecular flexibility index (Phi) is 7.16. The van der Waals surface area contributed by atoms with Crippen molar-refractivity contribution in [2.45, 2.75) is 24.1 Å². The number of anilines is 1. The van der Waals surface area contributed by atoms with Crippen LogP contribution >= 0.6 is 23.1 Å². The largest absolute Gasteiger partial charge is 0.356 e. The van der Waals surface area contributed by atoms with Gasteiger partial charge in [0.1, 0.15) is 0 Å². The van der Waals surface area contributed by atoms with E-state index < -0.39 is 10.0 Å². The topological polar surface area (TPSA) is 121 Å². The van der Waals surface area contributed by atoms with Crippen molar-refractivity contribution < 1.29 is 18.0 Å². The highest BCUT2D eigenvalue weighted by molar-refractivity contribution is 8.01. The van der Waals surface area contributed by atoms with Gasteiger partial charge in [-0.25, -0.2) is 12.7 Å². The molecule has 0 bridgehead atoms. The number of hydrogen-bond donors (Lipinski definition) is 2.